The van der Waals surface area contributed by atoms with E-state index < -0.39 is 0 Å². The van der Waals surface area contributed by atoms with Crippen molar-refractivity contribution in [1.82, 2.24) is 4.90 Å². The van der Waals surface area contributed by atoms with Gasteiger partial charge in [0.05, 0.1) is 6.04 Å². The number of benzene rings is 2. The lowest BCUT2D eigenvalue weighted by Gasteiger charge is -2.29. The molecule has 1 amide bonds. The Bertz CT molecular complexity index is 992. The third-order valence-corrected chi connectivity index (χ3v) is 7.05. The largest absolute Gasteiger partial charge is 0.313 e. The van der Waals surface area contributed by atoms with Gasteiger partial charge in [-0.3, -0.25) is 9.69 Å². The number of halogens is 1. The molecule has 2 heterocycles. The van der Waals surface area contributed by atoms with Crippen molar-refractivity contribution in [2.75, 3.05) is 18.4 Å². The molecule has 2 aromatic carbocycles. The highest BCUT2D eigenvalue weighted by molar-refractivity contribution is 7.16. The van der Waals surface area contributed by atoms with E-state index in [0.717, 1.165) is 23.1 Å². The van der Waals surface area contributed by atoms with Crippen molar-refractivity contribution in [3.8, 4) is 0 Å². The maximum atomic E-state index is 12.9. The van der Waals surface area contributed by atoms with Gasteiger partial charge >= 0.3 is 0 Å². The van der Waals surface area contributed by atoms with Crippen LogP contribution in [0.3, 0.4) is 0 Å². The average Bonchev–Trinajstić information content (AvgIpc) is 3.35. The molecule has 1 atom stereocenters. The molecule has 29 heavy (non-hydrogen) atoms. The molecule has 1 aliphatic heterocycles. The number of amides is 1. The van der Waals surface area contributed by atoms with E-state index in [1.165, 1.54) is 34.4 Å². The Labute approximate surface area is 181 Å². The predicted octanol–water partition coefficient (Wildman–Crippen LogP) is 6.46. The van der Waals surface area contributed by atoms with Crippen LogP contribution in [0.1, 0.15) is 50.8 Å². The Morgan fingerprint density at radius 1 is 1.03 bits per heavy atom. The van der Waals surface area contributed by atoms with Gasteiger partial charge in [-0.25, -0.2) is 0 Å². The molecule has 0 aliphatic carbocycles. The van der Waals surface area contributed by atoms with Crippen LogP contribution in [-0.4, -0.2) is 23.9 Å². The van der Waals surface area contributed by atoms with Crippen molar-refractivity contribution in [1.29, 1.82) is 0 Å². The Kier molecular flexibility index (Phi) is 6.04. The van der Waals surface area contributed by atoms with Crippen LogP contribution < -0.4 is 5.32 Å². The molecule has 0 saturated carbocycles. The molecule has 0 radical (unpaired) electrons. The summed E-state index contributed by atoms with van der Waals surface area (Å²) in [7, 11) is 0. The van der Waals surface area contributed by atoms with Crippen LogP contribution in [0.2, 0.25) is 5.02 Å². The summed E-state index contributed by atoms with van der Waals surface area (Å²) in [5.74, 6) is -0.0654. The number of nitrogens with one attached hydrogen (secondary N) is 1. The summed E-state index contributed by atoms with van der Waals surface area (Å²) in [6.07, 6.45) is 2.41. The van der Waals surface area contributed by atoms with E-state index in [1.807, 2.05) is 42.5 Å². The SMILES string of the molecule is Cc1sc(NC(=O)c2ccccc2)c([C@H](c2ccc(Cl)cc2)N2CCCC2)c1C. The van der Waals surface area contributed by atoms with Crippen LogP contribution in [0.15, 0.2) is 54.6 Å². The molecule has 1 aliphatic rings. The lowest BCUT2D eigenvalue weighted by atomic mass is 9.95. The minimum absolute atomic E-state index is 0.0654. The molecule has 1 fully saturated rings. The molecule has 1 aromatic heterocycles. The minimum Gasteiger partial charge on any atom is -0.313 e. The maximum Gasteiger partial charge on any atom is 0.256 e. The van der Waals surface area contributed by atoms with E-state index in [0.29, 0.717) is 5.56 Å². The molecule has 0 spiro atoms. The topological polar surface area (TPSA) is 32.3 Å². The van der Waals surface area contributed by atoms with Crippen LogP contribution in [0.5, 0.6) is 0 Å². The fourth-order valence-corrected chi connectivity index (χ4v) is 5.25. The Morgan fingerprint density at radius 2 is 1.69 bits per heavy atom. The number of likely N-dealkylation sites (tertiary alicyclic amines) is 1. The molecule has 4 rings (SSSR count). The normalized spacial score (nSPS) is 15.4. The number of carbonyl (C=O) groups is 1. The maximum absolute atomic E-state index is 12.9. The number of nitrogens with zero attached hydrogens (tertiary/aromatic N) is 1. The van der Waals surface area contributed by atoms with Gasteiger partial charge < -0.3 is 5.32 Å². The summed E-state index contributed by atoms with van der Waals surface area (Å²) in [6.45, 7) is 6.42. The minimum atomic E-state index is -0.0654. The number of hydrogen-bond donors (Lipinski definition) is 1. The fraction of sp³-hybridized carbons (Fsp3) is 0.292. The van der Waals surface area contributed by atoms with Crippen molar-refractivity contribution in [3.05, 3.63) is 86.8 Å². The van der Waals surface area contributed by atoms with Gasteiger partial charge in [0.25, 0.3) is 5.91 Å². The second-order valence-electron chi connectivity index (χ2n) is 7.54. The van der Waals surface area contributed by atoms with Crippen molar-refractivity contribution in [2.45, 2.75) is 32.7 Å². The van der Waals surface area contributed by atoms with Crippen LogP contribution in [-0.2, 0) is 0 Å². The second kappa shape index (κ2) is 8.70. The van der Waals surface area contributed by atoms with E-state index >= 15 is 0 Å². The first-order valence-corrected chi connectivity index (χ1v) is 11.2. The quantitative estimate of drug-likeness (QED) is 0.510. The zero-order valence-corrected chi connectivity index (χ0v) is 18.3. The van der Waals surface area contributed by atoms with Crippen molar-refractivity contribution < 1.29 is 4.79 Å². The van der Waals surface area contributed by atoms with E-state index in [-0.39, 0.29) is 11.9 Å². The van der Waals surface area contributed by atoms with Crippen molar-refractivity contribution >= 4 is 33.8 Å². The number of carbonyl (C=O) groups excluding carboxylic acids is 1. The molecular formula is C24H25ClN2OS. The summed E-state index contributed by atoms with van der Waals surface area (Å²) >= 11 is 7.82. The monoisotopic (exact) mass is 424 g/mol. The van der Waals surface area contributed by atoms with Gasteiger partial charge in [-0.2, -0.15) is 0 Å². The molecule has 5 heteroatoms. The standard InChI is InChI=1S/C24H25ClN2OS/c1-16-17(2)29-24(26-23(28)19-8-4-3-5-9-19)21(16)22(27-14-6-7-15-27)18-10-12-20(25)13-11-18/h3-5,8-13,22H,6-7,14-15H2,1-2H3,(H,26,28)/t22-/m0/s1. The lowest BCUT2D eigenvalue weighted by Crippen LogP contribution is -2.27. The molecule has 1 N–H and O–H groups in total. The summed E-state index contributed by atoms with van der Waals surface area (Å²) in [4.78, 5) is 16.6. The molecular weight excluding hydrogens is 400 g/mol. The lowest BCUT2D eigenvalue weighted by molar-refractivity contribution is 0.102. The second-order valence-corrected chi connectivity index (χ2v) is 9.20. The highest BCUT2D eigenvalue weighted by atomic mass is 35.5. The van der Waals surface area contributed by atoms with E-state index in [2.05, 4.69) is 36.2 Å². The van der Waals surface area contributed by atoms with Gasteiger partial charge in [0.1, 0.15) is 5.00 Å². The molecule has 150 valence electrons. The number of rotatable bonds is 5. The molecule has 0 bridgehead atoms. The summed E-state index contributed by atoms with van der Waals surface area (Å²) in [5, 5.41) is 4.89. The zero-order valence-electron chi connectivity index (χ0n) is 16.7. The molecule has 1 saturated heterocycles. The summed E-state index contributed by atoms with van der Waals surface area (Å²) in [5.41, 5.74) is 4.35. The van der Waals surface area contributed by atoms with Crippen LogP contribution in [0, 0.1) is 13.8 Å². The number of hydrogen-bond acceptors (Lipinski definition) is 3. The van der Waals surface area contributed by atoms with Gasteiger partial charge in [0.2, 0.25) is 0 Å². The van der Waals surface area contributed by atoms with Gasteiger partial charge in [-0.1, -0.05) is 41.9 Å². The van der Waals surface area contributed by atoms with E-state index in [9.17, 15) is 4.79 Å². The first kappa shape index (κ1) is 20.1. The van der Waals surface area contributed by atoms with Gasteiger partial charge in [0.15, 0.2) is 0 Å². The first-order chi connectivity index (χ1) is 14.0. The average molecular weight is 425 g/mol. The molecule has 0 unspecified atom stereocenters. The zero-order chi connectivity index (χ0) is 20.4. The molecule has 3 nitrogen and oxygen atoms in total. The van der Waals surface area contributed by atoms with Crippen molar-refractivity contribution in [3.63, 3.8) is 0 Å². The summed E-state index contributed by atoms with van der Waals surface area (Å²) in [6, 6.07) is 17.6. The highest BCUT2D eigenvalue weighted by Gasteiger charge is 2.30. The number of aryl methyl sites for hydroxylation is 1. The third-order valence-electron chi connectivity index (χ3n) is 5.66. The summed E-state index contributed by atoms with van der Waals surface area (Å²) < 4.78 is 0. The van der Waals surface area contributed by atoms with Crippen LogP contribution in [0.25, 0.3) is 0 Å². The Balaban J connectivity index is 1.76. The predicted molar refractivity (Wildman–Crippen MR) is 122 cm³/mol. The number of thiophene rings is 1. The van der Waals surface area contributed by atoms with Crippen LogP contribution >= 0.6 is 22.9 Å². The smallest absolute Gasteiger partial charge is 0.256 e. The van der Waals surface area contributed by atoms with Gasteiger partial charge in [-0.05, 0) is 75.2 Å². The fourth-order valence-electron chi connectivity index (χ4n) is 4.04. The van der Waals surface area contributed by atoms with Gasteiger partial charge in [0, 0.05) is 21.0 Å². The molecule has 3 aromatic rings. The van der Waals surface area contributed by atoms with Gasteiger partial charge in [-0.15, -0.1) is 11.3 Å². The van der Waals surface area contributed by atoms with Crippen molar-refractivity contribution in [2.24, 2.45) is 0 Å². The Morgan fingerprint density at radius 3 is 2.34 bits per heavy atom. The van der Waals surface area contributed by atoms with E-state index in [1.54, 1.807) is 11.3 Å². The first-order valence-electron chi connectivity index (χ1n) is 10.0. The number of anilines is 1. The van der Waals surface area contributed by atoms with Crippen LogP contribution in [0.4, 0.5) is 5.00 Å². The van der Waals surface area contributed by atoms with E-state index in [4.69, 9.17) is 11.6 Å². The third kappa shape index (κ3) is 4.25. The highest BCUT2D eigenvalue weighted by Crippen LogP contribution is 2.43. The Hall–Kier alpha value is -2.14.